The van der Waals surface area contributed by atoms with Gasteiger partial charge in [-0.1, -0.05) is 40.2 Å². The Morgan fingerprint density at radius 3 is 2.79 bits per heavy atom. The SMILES string of the molecule is CC(NC(=O)Cc1csc(-c2cccc(Br)c2)n1)c1cccc(OC(F)F)c1. The lowest BCUT2D eigenvalue weighted by atomic mass is 10.1. The Balaban J connectivity index is 1.61. The topological polar surface area (TPSA) is 51.2 Å². The number of nitrogens with zero attached hydrogens (tertiary/aromatic N) is 1. The quantitative estimate of drug-likeness (QED) is 0.493. The fourth-order valence-electron chi connectivity index (χ4n) is 2.64. The van der Waals surface area contributed by atoms with Crippen LogP contribution in [0.1, 0.15) is 24.2 Å². The molecule has 1 heterocycles. The van der Waals surface area contributed by atoms with E-state index in [4.69, 9.17) is 0 Å². The number of hydrogen-bond acceptors (Lipinski definition) is 4. The molecule has 4 nitrogen and oxygen atoms in total. The van der Waals surface area contributed by atoms with Crippen molar-refractivity contribution < 1.29 is 18.3 Å². The molecule has 0 radical (unpaired) electrons. The summed E-state index contributed by atoms with van der Waals surface area (Å²) in [6, 6.07) is 13.8. The van der Waals surface area contributed by atoms with Crippen molar-refractivity contribution in [2.75, 3.05) is 0 Å². The van der Waals surface area contributed by atoms with Crippen LogP contribution < -0.4 is 10.1 Å². The molecule has 0 saturated carbocycles. The molecule has 0 bridgehead atoms. The van der Waals surface area contributed by atoms with Gasteiger partial charge in [-0.25, -0.2) is 4.98 Å². The Labute approximate surface area is 173 Å². The van der Waals surface area contributed by atoms with Crippen molar-refractivity contribution in [2.24, 2.45) is 0 Å². The van der Waals surface area contributed by atoms with Crippen LogP contribution in [0.15, 0.2) is 58.4 Å². The number of amides is 1. The van der Waals surface area contributed by atoms with Crippen LogP contribution in [0.25, 0.3) is 10.6 Å². The van der Waals surface area contributed by atoms with E-state index < -0.39 is 6.61 Å². The van der Waals surface area contributed by atoms with Crippen LogP contribution in [0.4, 0.5) is 8.78 Å². The number of carbonyl (C=O) groups is 1. The minimum Gasteiger partial charge on any atom is -0.435 e. The molecule has 0 spiro atoms. The molecule has 3 aromatic rings. The van der Waals surface area contributed by atoms with E-state index in [-0.39, 0.29) is 24.1 Å². The number of alkyl halides is 2. The molecule has 0 saturated heterocycles. The van der Waals surface area contributed by atoms with Gasteiger partial charge in [-0.15, -0.1) is 11.3 Å². The van der Waals surface area contributed by atoms with Crippen molar-refractivity contribution in [3.05, 3.63) is 69.6 Å². The predicted octanol–water partition coefficient (Wildman–Crippen LogP) is 5.59. The molecule has 1 aromatic heterocycles. The second-order valence-electron chi connectivity index (χ2n) is 6.07. The van der Waals surface area contributed by atoms with E-state index in [9.17, 15) is 13.6 Å². The third-order valence-corrected chi connectivity index (χ3v) is 5.36. The summed E-state index contributed by atoms with van der Waals surface area (Å²) in [5, 5.41) is 5.56. The molecular weight excluding hydrogens is 450 g/mol. The first kappa shape index (κ1) is 20.4. The lowest BCUT2D eigenvalue weighted by Gasteiger charge is -2.15. The van der Waals surface area contributed by atoms with Gasteiger partial charge in [0.25, 0.3) is 0 Å². The van der Waals surface area contributed by atoms with E-state index in [1.54, 1.807) is 19.1 Å². The molecule has 3 rings (SSSR count). The summed E-state index contributed by atoms with van der Waals surface area (Å²) in [6.07, 6.45) is 0.141. The third kappa shape index (κ3) is 5.59. The zero-order valence-corrected chi connectivity index (χ0v) is 17.3. The second kappa shape index (κ2) is 9.25. The number of aromatic nitrogens is 1. The van der Waals surface area contributed by atoms with Crippen molar-refractivity contribution in [3.63, 3.8) is 0 Å². The number of ether oxygens (including phenoxy) is 1. The number of nitrogens with one attached hydrogen (secondary N) is 1. The summed E-state index contributed by atoms with van der Waals surface area (Å²) in [5.41, 5.74) is 2.34. The van der Waals surface area contributed by atoms with E-state index in [0.29, 0.717) is 11.3 Å². The Morgan fingerprint density at radius 1 is 1.25 bits per heavy atom. The zero-order valence-electron chi connectivity index (χ0n) is 14.9. The highest BCUT2D eigenvalue weighted by atomic mass is 79.9. The molecule has 0 aliphatic carbocycles. The van der Waals surface area contributed by atoms with Crippen molar-refractivity contribution in [1.82, 2.24) is 10.3 Å². The molecule has 0 aliphatic heterocycles. The van der Waals surface area contributed by atoms with Crippen molar-refractivity contribution in [3.8, 4) is 16.3 Å². The first-order valence-electron chi connectivity index (χ1n) is 8.45. The van der Waals surface area contributed by atoms with Crippen LogP contribution in [0.3, 0.4) is 0 Å². The van der Waals surface area contributed by atoms with Crippen molar-refractivity contribution in [2.45, 2.75) is 26.0 Å². The summed E-state index contributed by atoms with van der Waals surface area (Å²) in [5.74, 6) is -0.134. The second-order valence-corrected chi connectivity index (χ2v) is 7.85. The van der Waals surface area contributed by atoms with Gasteiger partial charge in [-0.2, -0.15) is 8.78 Å². The molecule has 2 aromatic carbocycles. The largest absolute Gasteiger partial charge is 0.435 e. The summed E-state index contributed by atoms with van der Waals surface area (Å²) >= 11 is 4.91. The molecule has 8 heteroatoms. The molecule has 1 amide bonds. The lowest BCUT2D eigenvalue weighted by molar-refractivity contribution is -0.121. The van der Waals surface area contributed by atoms with E-state index in [0.717, 1.165) is 15.0 Å². The average molecular weight is 467 g/mol. The number of carbonyl (C=O) groups excluding carboxylic acids is 1. The van der Waals surface area contributed by atoms with E-state index in [1.165, 1.54) is 23.5 Å². The van der Waals surface area contributed by atoms with Crippen LogP contribution in [0.5, 0.6) is 5.75 Å². The van der Waals surface area contributed by atoms with Gasteiger partial charge in [-0.3, -0.25) is 4.79 Å². The van der Waals surface area contributed by atoms with Crippen LogP contribution >= 0.6 is 27.3 Å². The highest BCUT2D eigenvalue weighted by molar-refractivity contribution is 9.10. The molecule has 1 unspecified atom stereocenters. The maximum absolute atomic E-state index is 12.4. The Morgan fingerprint density at radius 2 is 2.04 bits per heavy atom. The van der Waals surface area contributed by atoms with Gasteiger partial charge in [0.2, 0.25) is 5.91 Å². The lowest BCUT2D eigenvalue weighted by Crippen LogP contribution is -2.28. The summed E-state index contributed by atoms with van der Waals surface area (Å²) in [4.78, 5) is 16.9. The fraction of sp³-hybridized carbons (Fsp3) is 0.200. The smallest absolute Gasteiger partial charge is 0.387 e. The zero-order chi connectivity index (χ0) is 20.1. The summed E-state index contributed by atoms with van der Waals surface area (Å²) in [7, 11) is 0. The monoisotopic (exact) mass is 466 g/mol. The van der Waals surface area contributed by atoms with Crippen LogP contribution in [-0.4, -0.2) is 17.5 Å². The molecular formula is C20H17BrF2N2O2S. The van der Waals surface area contributed by atoms with E-state index >= 15 is 0 Å². The Hall–Kier alpha value is -2.32. The molecule has 1 N–H and O–H groups in total. The first-order valence-corrected chi connectivity index (χ1v) is 10.1. The average Bonchev–Trinajstić information content (AvgIpc) is 3.09. The van der Waals surface area contributed by atoms with Crippen LogP contribution in [0.2, 0.25) is 0 Å². The standard InChI is InChI=1S/C20H17BrF2N2O2S/c1-12(13-4-3-7-17(9-13)27-20(22)23)24-18(26)10-16-11-28-19(25-16)14-5-2-6-15(21)8-14/h2-9,11-12,20H,10H2,1H3,(H,24,26). The maximum Gasteiger partial charge on any atom is 0.387 e. The van der Waals surface area contributed by atoms with Crippen LogP contribution in [-0.2, 0) is 11.2 Å². The van der Waals surface area contributed by atoms with Gasteiger partial charge in [0.05, 0.1) is 18.2 Å². The summed E-state index contributed by atoms with van der Waals surface area (Å²) in [6.45, 7) is -1.10. The Kier molecular flexibility index (Phi) is 6.74. The molecule has 146 valence electrons. The summed E-state index contributed by atoms with van der Waals surface area (Å²) < 4.78 is 30.1. The number of thiazole rings is 1. The molecule has 1 atom stereocenters. The molecule has 0 fully saturated rings. The molecule has 28 heavy (non-hydrogen) atoms. The predicted molar refractivity (Wildman–Crippen MR) is 109 cm³/mol. The molecule has 0 aliphatic rings. The van der Waals surface area contributed by atoms with E-state index in [1.807, 2.05) is 29.6 Å². The minimum atomic E-state index is -2.88. The van der Waals surface area contributed by atoms with Gasteiger partial charge >= 0.3 is 6.61 Å². The highest BCUT2D eigenvalue weighted by Gasteiger charge is 2.14. The van der Waals surface area contributed by atoms with Crippen LogP contribution in [0, 0.1) is 0 Å². The van der Waals surface area contributed by atoms with Gasteiger partial charge in [0.1, 0.15) is 10.8 Å². The third-order valence-electron chi connectivity index (χ3n) is 3.93. The van der Waals surface area contributed by atoms with Gasteiger partial charge in [0, 0.05) is 15.4 Å². The Bertz CT molecular complexity index is 965. The highest BCUT2D eigenvalue weighted by Crippen LogP contribution is 2.26. The van der Waals surface area contributed by atoms with Crippen molar-refractivity contribution >= 4 is 33.2 Å². The van der Waals surface area contributed by atoms with Gasteiger partial charge in [-0.05, 0) is 36.8 Å². The number of benzene rings is 2. The van der Waals surface area contributed by atoms with E-state index in [2.05, 4.69) is 31.0 Å². The fourth-order valence-corrected chi connectivity index (χ4v) is 3.86. The number of rotatable bonds is 7. The van der Waals surface area contributed by atoms with Gasteiger partial charge < -0.3 is 10.1 Å². The first-order chi connectivity index (χ1) is 13.4. The minimum absolute atomic E-state index is 0.0618. The van der Waals surface area contributed by atoms with Crippen molar-refractivity contribution in [1.29, 1.82) is 0 Å². The number of halogens is 3. The maximum atomic E-state index is 12.4. The number of hydrogen-bond donors (Lipinski definition) is 1. The normalized spacial score (nSPS) is 12.0. The van der Waals surface area contributed by atoms with Gasteiger partial charge in [0.15, 0.2) is 0 Å².